The van der Waals surface area contributed by atoms with Crippen molar-refractivity contribution in [3.05, 3.63) is 89.5 Å². The summed E-state index contributed by atoms with van der Waals surface area (Å²) in [5.41, 5.74) is 2.92. The average molecular weight is 468 g/mol. The van der Waals surface area contributed by atoms with Gasteiger partial charge in [-0.2, -0.15) is 0 Å². The third-order valence-corrected chi connectivity index (χ3v) is 5.60. The molecule has 0 N–H and O–H groups in total. The molecule has 2 nitrogen and oxygen atoms in total. The smallest absolute Gasteiger partial charge is 0.228 e. The van der Waals surface area contributed by atoms with Gasteiger partial charge in [0.2, 0.25) is 6.86 Å². The first-order valence-electron chi connectivity index (χ1n) is 9.45. The van der Waals surface area contributed by atoms with Gasteiger partial charge >= 0.3 is 0 Å². The molecule has 0 fully saturated rings. The number of benzene rings is 3. The van der Waals surface area contributed by atoms with Crippen molar-refractivity contribution in [2.75, 3.05) is 27.0 Å². The van der Waals surface area contributed by atoms with Gasteiger partial charge in [-0.25, -0.2) is 13.2 Å². The Bertz CT molecular complexity index is 990. The Hall–Kier alpha value is -2.87. The van der Waals surface area contributed by atoms with Crippen molar-refractivity contribution in [2.24, 2.45) is 4.99 Å². The van der Waals surface area contributed by atoms with Gasteiger partial charge in [0.25, 0.3) is 0 Å². The summed E-state index contributed by atoms with van der Waals surface area (Å²) in [7, 11) is 1.00. The second-order valence-corrected chi connectivity index (χ2v) is 7.27. The monoisotopic (exact) mass is 467 g/mol. The fraction of sp³-hybridized carbons (Fsp3) is 0.208. The Labute approximate surface area is 188 Å². The maximum absolute atomic E-state index is 14.0. The first kappa shape index (κ1) is 25.4. The van der Waals surface area contributed by atoms with Crippen molar-refractivity contribution in [3.63, 3.8) is 0 Å². The third kappa shape index (κ3) is 6.09. The highest BCUT2D eigenvalue weighted by atomic mass is 32.2. The normalized spacial score (nSPS) is 14.5. The van der Waals surface area contributed by atoms with Gasteiger partial charge in [0.1, 0.15) is 22.4 Å². The number of rotatable bonds is 5. The average Bonchev–Trinajstić information content (AvgIpc) is 3.32. The second-order valence-electron chi connectivity index (χ2n) is 6.26. The van der Waals surface area contributed by atoms with Gasteiger partial charge < -0.3 is 4.74 Å². The van der Waals surface area contributed by atoms with Crippen molar-refractivity contribution < 1.29 is 26.7 Å². The van der Waals surface area contributed by atoms with Gasteiger partial charge in [-0.3, -0.25) is 13.8 Å². The molecule has 1 aliphatic rings. The van der Waals surface area contributed by atoms with Gasteiger partial charge in [0.05, 0.1) is 26.0 Å². The summed E-state index contributed by atoms with van der Waals surface area (Å²) < 4.78 is 64.0. The summed E-state index contributed by atoms with van der Waals surface area (Å²) in [4.78, 5) is 4.53. The first-order chi connectivity index (χ1) is 15.7. The van der Waals surface area contributed by atoms with E-state index >= 15 is 0 Å². The predicted molar refractivity (Wildman–Crippen MR) is 121 cm³/mol. The molecule has 1 heterocycles. The molecule has 0 radical (unpaired) electrons. The SMILES string of the molecule is CF.CF.FCOc1ccc(-c2ccc(C3CSC(c4c(F)cccc4F)=N3)cc2)cc1. The molecule has 0 aromatic heterocycles. The highest BCUT2D eigenvalue weighted by molar-refractivity contribution is 8.14. The number of halogens is 5. The molecule has 170 valence electrons. The van der Waals surface area contributed by atoms with Crippen molar-refractivity contribution >= 4 is 16.8 Å². The van der Waals surface area contributed by atoms with E-state index in [2.05, 4.69) is 4.99 Å². The zero-order chi connectivity index (χ0) is 23.5. The number of aliphatic imine (C=N–C) groups is 1. The highest BCUT2D eigenvalue weighted by Gasteiger charge is 2.25. The Morgan fingerprint density at radius 1 is 0.844 bits per heavy atom. The van der Waals surface area contributed by atoms with Gasteiger partial charge in [-0.1, -0.05) is 42.5 Å². The van der Waals surface area contributed by atoms with E-state index in [0.717, 1.165) is 16.7 Å². The molecule has 8 heteroatoms. The van der Waals surface area contributed by atoms with Gasteiger partial charge in [-0.15, -0.1) is 11.8 Å². The zero-order valence-electron chi connectivity index (χ0n) is 17.5. The molecule has 1 unspecified atom stereocenters. The van der Waals surface area contributed by atoms with Crippen molar-refractivity contribution in [3.8, 4) is 16.9 Å². The van der Waals surface area contributed by atoms with Crippen LogP contribution in [0.4, 0.5) is 22.0 Å². The van der Waals surface area contributed by atoms with E-state index in [1.165, 1.54) is 30.0 Å². The Morgan fingerprint density at radius 3 is 1.91 bits per heavy atom. The van der Waals surface area contributed by atoms with Gasteiger partial charge in [0.15, 0.2) is 0 Å². The second kappa shape index (κ2) is 12.9. The minimum atomic E-state index is -0.854. The van der Waals surface area contributed by atoms with E-state index in [-0.39, 0.29) is 11.6 Å². The minimum Gasteiger partial charge on any atom is -0.463 e. The number of thioether (sulfide) groups is 1. The van der Waals surface area contributed by atoms with Crippen LogP contribution < -0.4 is 4.74 Å². The third-order valence-electron chi connectivity index (χ3n) is 4.53. The van der Waals surface area contributed by atoms with E-state index in [1.54, 1.807) is 12.1 Å². The van der Waals surface area contributed by atoms with Crippen LogP contribution in [0.2, 0.25) is 0 Å². The maximum Gasteiger partial charge on any atom is 0.228 e. The molecule has 1 aliphatic heterocycles. The van der Waals surface area contributed by atoms with E-state index in [9.17, 15) is 22.0 Å². The fourth-order valence-corrected chi connectivity index (χ4v) is 4.21. The molecular weight excluding hydrogens is 445 g/mol. The van der Waals surface area contributed by atoms with Crippen LogP contribution in [-0.2, 0) is 0 Å². The summed E-state index contributed by atoms with van der Waals surface area (Å²) in [6.07, 6.45) is 0. The van der Waals surface area contributed by atoms with Crippen LogP contribution in [0.1, 0.15) is 17.2 Å². The molecule has 3 aromatic rings. The van der Waals surface area contributed by atoms with Crippen LogP contribution in [0.3, 0.4) is 0 Å². The molecule has 0 saturated heterocycles. The lowest BCUT2D eigenvalue weighted by molar-refractivity contribution is 0.192. The molecule has 0 spiro atoms. The fourth-order valence-electron chi connectivity index (χ4n) is 3.09. The van der Waals surface area contributed by atoms with Crippen LogP contribution in [0.25, 0.3) is 11.1 Å². The zero-order valence-corrected chi connectivity index (χ0v) is 18.3. The van der Waals surface area contributed by atoms with Gasteiger partial charge in [-0.05, 0) is 41.0 Å². The Kier molecular flexibility index (Phi) is 10.2. The molecule has 32 heavy (non-hydrogen) atoms. The lowest BCUT2D eigenvalue weighted by atomic mass is 10.0. The first-order valence-corrected chi connectivity index (χ1v) is 10.4. The topological polar surface area (TPSA) is 21.6 Å². The van der Waals surface area contributed by atoms with E-state index < -0.39 is 18.5 Å². The molecule has 0 amide bonds. The maximum atomic E-state index is 14.0. The number of ether oxygens (including phenoxy) is 1. The molecule has 0 saturated carbocycles. The molecular formula is C24H22F5NOS. The largest absolute Gasteiger partial charge is 0.463 e. The highest BCUT2D eigenvalue weighted by Crippen LogP contribution is 2.35. The lowest BCUT2D eigenvalue weighted by Gasteiger charge is -2.09. The quantitative estimate of drug-likeness (QED) is 0.366. The van der Waals surface area contributed by atoms with Crippen molar-refractivity contribution in [2.45, 2.75) is 6.04 Å². The molecule has 4 rings (SSSR count). The molecule has 3 aromatic carbocycles. The number of hydrogen-bond donors (Lipinski definition) is 0. The summed E-state index contributed by atoms with van der Waals surface area (Å²) in [5.74, 6) is -0.0736. The minimum absolute atomic E-state index is 0.0535. The van der Waals surface area contributed by atoms with Crippen LogP contribution in [-0.4, -0.2) is 32.0 Å². The van der Waals surface area contributed by atoms with Crippen LogP contribution in [0.15, 0.2) is 71.7 Å². The van der Waals surface area contributed by atoms with Crippen molar-refractivity contribution in [1.82, 2.24) is 0 Å². The summed E-state index contributed by atoms with van der Waals surface area (Å²) in [6, 6.07) is 18.7. The van der Waals surface area contributed by atoms with Crippen LogP contribution in [0, 0.1) is 11.6 Å². The van der Waals surface area contributed by atoms with Crippen molar-refractivity contribution in [1.29, 1.82) is 0 Å². The standard InChI is InChI=1S/C22H16F3NOS.2CH3F/c23-13-27-17-10-8-15(9-11-17)14-4-6-16(7-5-14)20-12-28-22(26-20)21-18(24)2-1-3-19(21)25;2*1-2/h1-11,20H,12-13H2;2*1H3. The van der Waals surface area contributed by atoms with Gasteiger partial charge in [0, 0.05) is 5.75 Å². The number of nitrogens with zero attached hydrogens (tertiary/aromatic N) is 1. The Morgan fingerprint density at radius 2 is 1.38 bits per heavy atom. The number of hydrogen-bond acceptors (Lipinski definition) is 3. The van der Waals surface area contributed by atoms with Crippen LogP contribution >= 0.6 is 11.8 Å². The number of alkyl halides is 3. The lowest BCUT2D eigenvalue weighted by Crippen LogP contribution is -2.00. The predicted octanol–water partition coefficient (Wildman–Crippen LogP) is 7.34. The van der Waals surface area contributed by atoms with E-state index in [1.807, 2.05) is 36.4 Å². The molecule has 0 aliphatic carbocycles. The van der Waals surface area contributed by atoms with E-state index in [0.29, 0.717) is 30.9 Å². The summed E-state index contributed by atoms with van der Waals surface area (Å²) >= 11 is 1.36. The molecule has 1 atom stereocenters. The summed E-state index contributed by atoms with van der Waals surface area (Å²) in [5, 5.41) is 0.396. The molecule has 0 bridgehead atoms. The van der Waals surface area contributed by atoms with E-state index in [4.69, 9.17) is 4.74 Å². The van der Waals surface area contributed by atoms with Crippen LogP contribution in [0.5, 0.6) is 5.75 Å². The summed E-state index contributed by atoms with van der Waals surface area (Å²) in [6.45, 7) is -0.854. The Balaban J connectivity index is 0.000000860.